The summed E-state index contributed by atoms with van der Waals surface area (Å²) in [5.41, 5.74) is 3.57. The molecule has 1 atom stereocenters. The van der Waals surface area contributed by atoms with Crippen molar-refractivity contribution in [2.24, 2.45) is 5.84 Å². The van der Waals surface area contributed by atoms with Gasteiger partial charge in [0.1, 0.15) is 0 Å². The molecule has 0 saturated heterocycles. The summed E-state index contributed by atoms with van der Waals surface area (Å²) < 4.78 is 0. The van der Waals surface area contributed by atoms with Crippen molar-refractivity contribution in [3.8, 4) is 0 Å². The molecule has 0 aliphatic heterocycles. The summed E-state index contributed by atoms with van der Waals surface area (Å²) in [4.78, 5) is 4.27. The number of unbranched alkanes of at least 4 members (excludes halogenated alkanes) is 5. The van der Waals surface area contributed by atoms with Crippen molar-refractivity contribution in [3.63, 3.8) is 0 Å². The van der Waals surface area contributed by atoms with Crippen LogP contribution in [-0.4, -0.2) is 4.98 Å². The number of pyridine rings is 1. The van der Waals surface area contributed by atoms with Crippen molar-refractivity contribution >= 4 is 23.2 Å². The van der Waals surface area contributed by atoms with Gasteiger partial charge >= 0.3 is 0 Å². The Hall–Kier alpha value is -0.350. The molecule has 1 aromatic heterocycles. The molecule has 1 aromatic rings. The summed E-state index contributed by atoms with van der Waals surface area (Å²) >= 11 is 12.0. The Labute approximate surface area is 125 Å². The predicted molar refractivity (Wildman–Crippen MR) is 82.3 cm³/mol. The highest BCUT2D eigenvalue weighted by molar-refractivity contribution is 6.34. The highest BCUT2D eigenvalue weighted by Crippen LogP contribution is 2.26. The van der Waals surface area contributed by atoms with Crippen LogP contribution in [0.4, 0.5) is 0 Å². The molecule has 0 radical (unpaired) electrons. The molecule has 108 valence electrons. The average Bonchev–Trinajstić information content (AvgIpc) is 2.39. The first kappa shape index (κ1) is 16.7. The lowest BCUT2D eigenvalue weighted by Crippen LogP contribution is -2.28. The normalized spacial score (nSPS) is 12.6. The van der Waals surface area contributed by atoms with Gasteiger partial charge in [-0.15, -0.1) is 0 Å². The van der Waals surface area contributed by atoms with Crippen LogP contribution >= 0.6 is 23.2 Å². The number of hydrogen-bond acceptors (Lipinski definition) is 3. The maximum atomic E-state index is 6.14. The van der Waals surface area contributed by atoms with Gasteiger partial charge < -0.3 is 0 Å². The largest absolute Gasteiger partial charge is 0.271 e. The summed E-state index contributed by atoms with van der Waals surface area (Å²) in [6.45, 7) is 2.22. The van der Waals surface area contributed by atoms with E-state index in [0.717, 1.165) is 18.5 Å². The number of hydrogen-bond donors (Lipinski definition) is 2. The van der Waals surface area contributed by atoms with E-state index in [1.165, 1.54) is 32.1 Å². The van der Waals surface area contributed by atoms with Crippen LogP contribution in [0.1, 0.15) is 63.6 Å². The van der Waals surface area contributed by atoms with E-state index in [-0.39, 0.29) is 6.04 Å². The summed E-state index contributed by atoms with van der Waals surface area (Å²) in [7, 11) is 0. The molecule has 5 heteroatoms. The molecule has 0 bridgehead atoms. The number of hydrazine groups is 1. The van der Waals surface area contributed by atoms with Gasteiger partial charge in [0.05, 0.1) is 21.8 Å². The van der Waals surface area contributed by atoms with Gasteiger partial charge in [-0.2, -0.15) is 0 Å². The van der Waals surface area contributed by atoms with Crippen molar-refractivity contribution in [2.45, 2.75) is 57.9 Å². The standard InChI is InChI=1S/C14H23Cl2N3/c1-2-3-4-5-6-7-8-13(19-17)14-12(16)9-11(15)10-18-14/h9-10,13,19H,2-8,17H2,1H3. The molecule has 0 aliphatic rings. The van der Waals surface area contributed by atoms with Crippen molar-refractivity contribution < 1.29 is 0 Å². The zero-order valence-electron chi connectivity index (χ0n) is 11.5. The molecule has 3 N–H and O–H groups in total. The Kier molecular flexibility index (Phi) is 8.38. The molecule has 0 saturated carbocycles. The number of nitrogens with one attached hydrogen (secondary N) is 1. The Morgan fingerprint density at radius 3 is 2.53 bits per heavy atom. The summed E-state index contributed by atoms with van der Waals surface area (Å²) in [5.74, 6) is 5.59. The smallest absolute Gasteiger partial charge is 0.0773 e. The average molecular weight is 304 g/mol. The predicted octanol–water partition coefficient (Wildman–Crippen LogP) is 4.64. The van der Waals surface area contributed by atoms with Gasteiger partial charge in [-0.25, -0.2) is 0 Å². The fraction of sp³-hybridized carbons (Fsp3) is 0.643. The molecule has 0 aliphatic carbocycles. The van der Waals surface area contributed by atoms with Crippen molar-refractivity contribution in [3.05, 3.63) is 28.0 Å². The second-order valence-electron chi connectivity index (χ2n) is 4.80. The second-order valence-corrected chi connectivity index (χ2v) is 5.64. The first-order chi connectivity index (χ1) is 9.19. The molecular weight excluding hydrogens is 281 g/mol. The summed E-state index contributed by atoms with van der Waals surface area (Å²) in [6, 6.07) is 1.70. The van der Waals surface area contributed by atoms with E-state index in [1.807, 2.05) is 0 Å². The van der Waals surface area contributed by atoms with E-state index in [0.29, 0.717) is 10.0 Å². The van der Waals surface area contributed by atoms with Gasteiger partial charge in [0.2, 0.25) is 0 Å². The van der Waals surface area contributed by atoms with Crippen LogP contribution in [0, 0.1) is 0 Å². The Bertz CT molecular complexity index is 372. The van der Waals surface area contributed by atoms with Crippen LogP contribution < -0.4 is 11.3 Å². The maximum absolute atomic E-state index is 6.14. The molecule has 1 rings (SSSR count). The fourth-order valence-corrected chi connectivity index (χ4v) is 2.62. The third-order valence-electron chi connectivity index (χ3n) is 3.21. The molecule has 0 amide bonds. The van der Waals surface area contributed by atoms with Crippen LogP contribution in [-0.2, 0) is 0 Å². The third kappa shape index (κ3) is 6.09. The highest BCUT2D eigenvalue weighted by atomic mass is 35.5. The minimum absolute atomic E-state index is 0.00376. The second kappa shape index (κ2) is 9.54. The number of rotatable bonds is 9. The summed E-state index contributed by atoms with van der Waals surface area (Å²) in [5, 5.41) is 1.12. The van der Waals surface area contributed by atoms with E-state index in [1.54, 1.807) is 12.3 Å². The Morgan fingerprint density at radius 1 is 1.21 bits per heavy atom. The number of halogens is 2. The fourth-order valence-electron chi connectivity index (χ4n) is 2.11. The SMILES string of the molecule is CCCCCCCCC(NN)c1ncc(Cl)cc1Cl. The van der Waals surface area contributed by atoms with Gasteiger partial charge in [0.25, 0.3) is 0 Å². The lowest BCUT2D eigenvalue weighted by Gasteiger charge is -2.16. The topological polar surface area (TPSA) is 50.9 Å². The number of nitrogens with two attached hydrogens (primary N) is 1. The first-order valence-electron chi connectivity index (χ1n) is 6.96. The van der Waals surface area contributed by atoms with E-state index in [4.69, 9.17) is 29.0 Å². The van der Waals surface area contributed by atoms with Gasteiger partial charge in [0, 0.05) is 6.20 Å². The molecule has 3 nitrogen and oxygen atoms in total. The van der Waals surface area contributed by atoms with Crippen molar-refractivity contribution in [1.82, 2.24) is 10.4 Å². The van der Waals surface area contributed by atoms with Gasteiger partial charge in [-0.05, 0) is 12.5 Å². The molecule has 0 spiro atoms. The lowest BCUT2D eigenvalue weighted by atomic mass is 10.0. The molecule has 0 fully saturated rings. The third-order valence-corrected chi connectivity index (χ3v) is 3.72. The highest BCUT2D eigenvalue weighted by Gasteiger charge is 2.14. The van der Waals surface area contributed by atoms with Gasteiger partial charge in [-0.1, -0.05) is 68.7 Å². The molecule has 1 unspecified atom stereocenters. The van der Waals surface area contributed by atoms with Crippen LogP contribution in [0.5, 0.6) is 0 Å². The van der Waals surface area contributed by atoms with Gasteiger partial charge in [0.15, 0.2) is 0 Å². The molecule has 19 heavy (non-hydrogen) atoms. The molecule has 1 heterocycles. The maximum Gasteiger partial charge on any atom is 0.0773 e. The number of aromatic nitrogens is 1. The monoisotopic (exact) mass is 303 g/mol. The lowest BCUT2D eigenvalue weighted by molar-refractivity contribution is 0.468. The number of nitrogens with zero attached hydrogens (tertiary/aromatic N) is 1. The van der Waals surface area contributed by atoms with Crippen molar-refractivity contribution in [2.75, 3.05) is 0 Å². The molecular formula is C14H23Cl2N3. The van der Waals surface area contributed by atoms with Crippen LogP contribution in [0.15, 0.2) is 12.3 Å². The Morgan fingerprint density at radius 2 is 1.89 bits per heavy atom. The van der Waals surface area contributed by atoms with Crippen LogP contribution in [0.25, 0.3) is 0 Å². The van der Waals surface area contributed by atoms with Gasteiger partial charge in [-0.3, -0.25) is 16.3 Å². The zero-order chi connectivity index (χ0) is 14.1. The zero-order valence-corrected chi connectivity index (χ0v) is 13.0. The van der Waals surface area contributed by atoms with E-state index in [9.17, 15) is 0 Å². The van der Waals surface area contributed by atoms with Crippen molar-refractivity contribution in [1.29, 1.82) is 0 Å². The van der Waals surface area contributed by atoms with E-state index < -0.39 is 0 Å². The quantitative estimate of drug-likeness (QED) is 0.397. The minimum atomic E-state index is -0.00376. The summed E-state index contributed by atoms with van der Waals surface area (Å²) in [6.07, 6.45) is 10.1. The van der Waals surface area contributed by atoms with Crippen LogP contribution in [0.2, 0.25) is 10.0 Å². The Balaban J connectivity index is 2.40. The first-order valence-corrected chi connectivity index (χ1v) is 7.71. The van der Waals surface area contributed by atoms with E-state index >= 15 is 0 Å². The van der Waals surface area contributed by atoms with Crippen LogP contribution in [0.3, 0.4) is 0 Å². The molecule has 0 aromatic carbocycles. The van der Waals surface area contributed by atoms with E-state index in [2.05, 4.69) is 17.3 Å². The minimum Gasteiger partial charge on any atom is -0.271 e.